The second-order valence-electron chi connectivity index (χ2n) is 13.3. The zero-order chi connectivity index (χ0) is 33.0. The lowest BCUT2D eigenvalue weighted by molar-refractivity contribution is -0.111. The number of hydrogen-bond donors (Lipinski definition) is 2. The summed E-state index contributed by atoms with van der Waals surface area (Å²) in [4.78, 5) is 39.7. The molecule has 1 saturated carbocycles. The Kier molecular flexibility index (Phi) is 9.73. The Bertz CT molecular complexity index is 1580. The highest BCUT2D eigenvalue weighted by molar-refractivity contribution is 6.02. The summed E-state index contributed by atoms with van der Waals surface area (Å²) in [5.74, 6) is 1.64. The Hall–Kier alpha value is -4.26. The van der Waals surface area contributed by atoms with Crippen molar-refractivity contribution in [2.24, 2.45) is 0 Å². The van der Waals surface area contributed by atoms with E-state index in [4.69, 9.17) is 9.57 Å². The van der Waals surface area contributed by atoms with Gasteiger partial charge in [0.1, 0.15) is 17.9 Å². The van der Waals surface area contributed by atoms with Gasteiger partial charge >= 0.3 is 0 Å². The molecule has 48 heavy (non-hydrogen) atoms. The van der Waals surface area contributed by atoms with Crippen LogP contribution in [-0.4, -0.2) is 101 Å². The van der Waals surface area contributed by atoms with Gasteiger partial charge in [-0.1, -0.05) is 12.6 Å². The maximum atomic E-state index is 12.6. The van der Waals surface area contributed by atoms with Crippen LogP contribution in [0.15, 0.2) is 61.7 Å². The molecule has 0 radical (unpaired) electrons. The number of rotatable bonds is 11. The fourth-order valence-corrected chi connectivity index (χ4v) is 7.55. The molecule has 4 aliphatic rings. The Labute approximate surface area is 283 Å². The molecule has 0 bridgehead atoms. The van der Waals surface area contributed by atoms with Crippen LogP contribution in [0.3, 0.4) is 0 Å². The Morgan fingerprint density at radius 2 is 1.92 bits per heavy atom. The summed E-state index contributed by atoms with van der Waals surface area (Å²) >= 11 is 0. The van der Waals surface area contributed by atoms with Crippen LogP contribution < -0.4 is 25.3 Å². The summed E-state index contributed by atoms with van der Waals surface area (Å²) < 4.78 is 5.89. The van der Waals surface area contributed by atoms with Crippen molar-refractivity contribution in [3.05, 3.63) is 67.3 Å². The number of amides is 1. The monoisotopic (exact) mass is 653 g/mol. The lowest BCUT2D eigenvalue weighted by atomic mass is 9.99. The number of hydroxylamine groups is 1. The first-order valence-corrected chi connectivity index (χ1v) is 17.3. The number of carbonyl (C=O) groups excluding carboxylic acids is 1. The highest BCUT2D eigenvalue weighted by atomic mass is 16.7. The first-order chi connectivity index (χ1) is 23.5. The third-order valence-corrected chi connectivity index (χ3v) is 10.2. The molecule has 7 rings (SSSR count). The normalized spacial score (nSPS) is 22.5. The van der Waals surface area contributed by atoms with Crippen LogP contribution in [0.2, 0.25) is 0 Å². The number of piperazine rings is 1. The standard InChI is InChI=1S/C36H47N9O3/c1-4-36(46)41-30-19-31(40-34-21-35(39-24-38-34)45-29(11-17-48-45)18-26-6-5-12-37-22-26)33(47-3)20-32(30)42-13-9-27(10-14-42)43-15-16-44(25(2)23-43)28-7-8-28/h4-6,12,19-22,24-25,27-29H,1,7-11,13-18,23H2,2-3H3,(H,41,46)(H,38,39,40)/t25-,29+/m0/s1. The second kappa shape index (κ2) is 14.5. The molecule has 5 heterocycles. The van der Waals surface area contributed by atoms with Crippen molar-refractivity contribution < 1.29 is 14.4 Å². The summed E-state index contributed by atoms with van der Waals surface area (Å²) in [7, 11) is 1.66. The fraction of sp³-hybridized carbons (Fsp3) is 0.500. The van der Waals surface area contributed by atoms with E-state index in [-0.39, 0.29) is 11.9 Å². The van der Waals surface area contributed by atoms with Gasteiger partial charge in [-0.3, -0.25) is 24.4 Å². The van der Waals surface area contributed by atoms with Gasteiger partial charge in [0.2, 0.25) is 5.91 Å². The topological polar surface area (TPSA) is 111 Å². The van der Waals surface area contributed by atoms with E-state index in [2.05, 4.69) is 59.9 Å². The first kappa shape index (κ1) is 32.3. The minimum absolute atomic E-state index is 0.131. The molecule has 3 aliphatic heterocycles. The van der Waals surface area contributed by atoms with Gasteiger partial charge in [0.05, 0.1) is 36.8 Å². The number of methoxy groups -OCH3 is 1. The predicted octanol–water partition coefficient (Wildman–Crippen LogP) is 4.64. The van der Waals surface area contributed by atoms with Crippen LogP contribution in [0.5, 0.6) is 5.75 Å². The van der Waals surface area contributed by atoms with E-state index < -0.39 is 0 Å². The zero-order valence-electron chi connectivity index (χ0n) is 28.1. The third kappa shape index (κ3) is 7.25. The van der Waals surface area contributed by atoms with Crippen LogP contribution in [0, 0.1) is 0 Å². The summed E-state index contributed by atoms with van der Waals surface area (Å²) in [6.07, 6.45) is 13.1. The third-order valence-electron chi connectivity index (χ3n) is 10.2. The van der Waals surface area contributed by atoms with E-state index in [1.165, 1.54) is 31.8 Å². The SMILES string of the molecule is C=CC(=O)Nc1cc(Nc2cc(N3OCC[C@@H]3Cc3cccnc3)ncn2)c(OC)cc1N1CCC(N2CCN(C3CC3)[C@@H](C)C2)CC1. The van der Waals surface area contributed by atoms with E-state index in [9.17, 15) is 4.79 Å². The van der Waals surface area contributed by atoms with Crippen molar-refractivity contribution >= 4 is 34.6 Å². The average Bonchev–Trinajstić information content (AvgIpc) is 3.86. The van der Waals surface area contributed by atoms with E-state index in [1.807, 2.05) is 35.5 Å². The molecule has 3 aromatic rings. The zero-order valence-corrected chi connectivity index (χ0v) is 28.1. The van der Waals surface area contributed by atoms with Gasteiger partial charge in [-0.2, -0.15) is 0 Å². The van der Waals surface area contributed by atoms with Crippen molar-refractivity contribution in [1.29, 1.82) is 0 Å². The second-order valence-corrected chi connectivity index (χ2v) is 13.3. The number of nitrogens with one attached hydrogen (secondary N) is 2. The van der Waals surface area contributed by atoms with Gasteiger partial charge in [0, 0.05) is 75.4 Å². The van der Waals surface area contributed by atoms with Crippen LogP contribution in [-0.2, 0) is 16.1 Å². The maximum absolute atomic E-state index is 12.6. The van der Waals surface area contributed by atoms with Gasteiger partial charge in [-0.25, -0.2) is 15.0 Å². The van der Waals surface area contributed by atoms with E-state index in [1.54, 1.807) is 13.3 Å². The highest BCUT2D eigenvalue weighted by Crippen LogP contribution is 2.40. The molecule has 0 unspecified atom stereocenters. The molecule has 1 aromatic carbocycles. The summed E-state index contributed by atoms with van der Waals surface area (Å²) in [6.45, 7) is 12.0. The van der Waals surface area contributed by atoms with Crippen LogP contribution in [0.25, 0.3) is 0 Å². The van der Waals surface area contributed by atoms with Gasteiger partial charge in [-0.05, 0) is 69.2 Å². The van der Waals surface area contributed by atoms with Gasteiger partial charge in [0.25, 0.3) is 0 Å². The molecule has 1 amide bonds. The van der Waals surface area contributed by atoms with Crippen molar-refractivity contribution in [3.63, 3.8) is 0 Å². The fourth-order valence-electron chi connectivity index (χ4n) is 7.55. The number of pyridine rings is 1. The molecular weight excluding hydrogens is 606 g/mol. The number of piperidine rings is 1. The van der Waals surface area contributed by atoms with Crippen LogP contribution >= 0.6 is 0 Å². The van der Waals surface area contributed by atoms with Crippen LogP contribution in [0.1, 0.15) is 44.6 Å². The molecular formula is C36H47N9O3. The van der Waals surface area contributed by atoms with E-state index >= 15 is 0 Å². The molecule has 12 nitrogen and oxygen atoms in total. The number of nitrogens with zero attached hydrogens (tertiary/aromatic N) is 7. The number of carbonyl (C=O) groups is 1. The maximum Gasteiger partial charge on any atom is 0.247 e. The molecule has 4 fully saturated rings. The molecule has 2 atom stereocenters. The molecule has 254 valence electrons. The molecule has 12 heteroatoms. The minimum atomic E-state index is -0.264. The first-order valence-electron chi connectivity index (χ1n) is 17.3. The largest absolute Gasteiger partial charge is 0.494 e. The molecule has 2 aromatic heterocycles. The van der Waals surface area contributed by atoms with Gasteiger partial charge in [0.15, 0.2) is 5.82 Å². The highest BCUT2D eigenvalue weighted by Gasteiger charge is 2.37. The number of ether oxygens (including phenoxy) is 1. The number of aromatic nitrogens is 3. The molecule has 1 aliphatic carbocycles. The minimum Gasteiger partial charge on any atom is -0.494 e. The molecule has 2 N–H and O–H groups in total. The lowest BCUT2D eigenvalue weighted by Crippen LogP contribution is -2.57. The van der Waals surface area contributed by atoms with Crippen molar-refractivity contribution in [3.8, 4) is 5.75 Å². The van der Waals surface area contributed by atoms with E-state index in [0.29, 0.717) is 47.5 Å². The quantitative estimate of drug-likeness (QED) is 0.283. The number of benzene rings is 1. The summed E-state index contributed by atoms with van der Waals surface area (Å²) in [5, 5.41) is 8.32. The number of anilines is 5. The predicted molar refractivity (Wildman–Crippen MR) is 188 cm³/mol. The van der Waals surface area contributed by atoms with Crippen molar-refractivity contribution in [1.82, 2.24) is 24.8 Å². The molecule has 0 spiro atoms. The lowest BCUT2D eigenvalue weighted by Gasteiger charge is -2.46. The summed E-state index contributed by atoms with van der Waals surface area (Å²) in [5.41, 5.74) is 3.46. The Morgan fingerprint density at radius 1 is 1.06 bits per heavy atom. The van der Waals surface area contributed by atoms with Gasteiger partial charge in [-0.15, -0.1) is 0 Å². The smallest absolute Gasteiger partial charge is 0.247 e. The summed E-state index contributed by atoms with van der Waals surface area (Å²) in [6, 6.07) is 12.0. The Morgan fingerprint density at radius 3 is 2.65 bits per heavy atom. The van der Waals surface area contributed by atoms with Gasteiger partial charge < -0.3 is 20.3 Å². The van der Waals surface area contributed by atoms with E-state index in [0.717, 1.165) is 69.2 Å². The van der Waals surface area contributed by atoms with Crippen molar-refractivity contribution in [2.45, 2.75) is 69.6 Å². The average molecular weight is 654 g/mol. The van der Waals surface area contributed by atoms with Crippen molar-refractivity contribution in [2.75, 3.05) is 67.0 Å². The Balaban J connectivity index is 1.06. The number of hydrogen-bond acceptors (Lipinski definition) is 11. The molecule has 3 saturated heterocycles. The van der Waals surface area contributed by atoms with Crippen LogP contribution in [0.4, 0.5) is 28.7 Å².